The summed E-state index contributed by atoms with van der Waals surface area (Å²) in [5.41, 5.74) is 0. The van der Waals surface area contributed by atoms with Gasteiger partial charge in [-0.1, -0.05) is 13.3 Å². The Balaban J connectivity index is 2.53. The number of halogens is 3. The third kappa shape index (κ3) is 5.25. The van der Waals surface area contributed by atoms with Crippen LogP contribution in [0.15, 0.2) is 0 Å². The Labute approximate surface area is 106 Å². The Morgan fingerprint density at radius 3 is 2.56 bits per heavy atom. The van der Waals surface area contributed by atoms with Crippen LogP contribution in [0.5, 0.6) is 0 Å². The first-order valence-corrected chi connectivity index (χ1v) is 6.37. The third-order valence-electron chi connectivity index (χ3n) is 3.27. The normalized spacial score (nSPS) is 25.3. The van der Waals surface area contributed by atoms with Crippen LogP contribution in [0.25, 0.3) is 0 Å². The number of nitrogens with one attached hydrogen (secondary N) is 1. The Morgan fingerprint density at radius 1 is 1.39 bits per heavy atom. The summed E-state index contributed by atoms with van der Waals surface area (Å²) in [4.78, 5) is 13.0. The predicted molar refractivity (Wildman–Crippen MR) is 63.1 cm³/mol. The standard InChI is InChI=1S/C12H21F3N2O/c1-3-4-10-5-11(16-8-12(13,14)15)7-17(6-10)9(2)18/h10-11,16H,3-8H2,1-2H3. The fourth-order valence-electron chi connectivity index (χ4n) is 2.49. The molecule has 0 saturated carbocycles. The van der Waals surface area contributed by atoms with Gasteiger partial charge in [0.25, 0.3) is 0 Å². The molecule has 2 atom stereocenters. The summed E-state index contributed by atoms with van der Waals surface area (Å²) in [6.07, 6.45) is -1.54. The minimum atomic E-state index is -4.20. The molecule has 1 aliphatic heterocycles. The zero-order valence-corrected chi connectivity index (χ0v) is 10.9. The van der Waals surface area contributed by atoms with Crippen molar-refractivity contribution < 1.29 is 18.0 Å². The fraction of sp³-hybridized carbons (Fsp3) is 0.917. The smallest absolute Gasteiger partial charge is 0.341 e. The van der Waals surface area contributed by atoms with Gasteiger partial charge in [0.05, 0.1) is 6.54 Å². The van der Waals surface area contributed by atoms with Gasteiger partial charge in [-0.15, -0.1) is 0 Å². The van der Waals surface area contributed by atoms with Crippen LogP contribution in [0.4, 0.5) is 13.2 Å². The summed E-state index contributed by atoms with van der Waals surface area (Å²) in [5.74, 6) is 0.244. The molecule has 1 saturated heterocycles. The first-order valence-electron chi connectivity index (χ1n) is 6.37. The second-order valence-corrected chi connectivity index (χ2v) is 5.01. The Bertz CT molecular complexity index is 281. The van der Waals surface area contributed by atoms with Gasteiger partial charge in [-0.25, -0.2) is 0 Å². The van der Waals surface area contributed by atoms with E-state index >= 15 is 0 Å². The van der Waals surface area contributed by atoms with E-state index in [-0.39, 0.29) is 11.9 Å². The van der Waals surface area contributed by atoms with Crippen molar-refractivity contribution in [2.24, 2.45) is 5.92 Å². The van der Waals surface area contributed by atoms with E-state index < -0.39 is 12.7 Å². The molecule has 0 aromatic heterocycles. The molecule has 0 spiro atoms. The summed E-state index contributed by atoms with van der Waals surface area (Å²) in [7, 11) is 0. The minimum Gasteiger partial charge on any atom is -0.341 e. The molecule has 0 radical (unpaired) electrons. The molecule has 1 fully saturated rings. The molecule has 3 nitrogen and oxygen atoms in total. The second kappa shape index (κ2) is 6.41. The predicted octanol–water partition coefficient (Wildman–Crippen LogP) is 2.18. The van der Waals surface area contributed by atoms with E-state index in [1.807, 2.05) is 6.92 Å². The number of alkyl halides is 3. The van der Waals surface area contributed by atoms with Gasteiger partial charge < -0.3 is 10.2 Å². The van der Waals surface area contributed by atoms with E-state index in [0.717, 1.165) is 12.8 Å². The lowest BCUT2D eigenvalue weighted by atomic mass is 9.90. The van der Waals surface area contributed by atoms with Crippen LogP contribution in [0, 0.1) is 5.92 Å². The first-order chi connectivity index (χ1) is 8.31. The van der Waals surface area contributed by atoms with Crippen LogP contribution in [0.2, 0.25) is 0 Å². The molecule has 1 heterocycles. The minimum absolute atomic E-state index is 0.0605. The lowest BCUT2D eigenvalue weighted by Crippen LogP contribution is -2.52. The molecule has 106 valence electrons. The summed E-state index contributed by atoms with van der Waals surface area (Å²) in [5, 5.41) is 2.52. The average Bonchev–Trinajstić information content (AvgIpc) is 2.25. The van der Waals surface area contributed by atoms with Gasteiger partial charge >= 0.3 is 6.18 Å². The van der Waals surface area contributed by atoms with E-state index in [4.69, 9.17) is 0 Å². The average molecular weight is 266 g/mol. The topological polar surface area (TPSA) is 32.3 Å². The maximum Gasteiger partial charge on any atom is 0.401 e. The second-order valence-electron chi connectivity index (χ2n) is 5.01. The van der Waals surface area contributed by atoms with E-state index in [9.17, 15) is 18.0 Å². The van der Waals surface area contributed by atoms with Crippen molar-refractivity contribution in [2.45, 2.75) is 45.3 Å². The molecule has 0 aliphatic carbocycles. The molecule has 6 heteroatoms. The number of rotatable bonds is 4. The van der Waals surface area contributed by atoms with Crippen molar-refractivity contribution in [3.05, 3.63) is 0 Å². The fourth-order valence-corrected chi connectivity index (χ4v) is 2.49. The van der Waals surface area contributed by atoms with Gasteiger partial charge in [0.15, 0.2) is 0 Å². The monoisotopic (exact) mass is 266 g/mol. The van der Waals surface area contributed by atoms with Gasteiger partial charge in [-0.2, -0.15) is 13.2 Å². The SMILES string of the molecule is CCCC1CC(NCC(F)(F)F)CN(C(C)=O)C1. The zero-order valence-electron chi connectivity index (χ0n) is 10.9. The lowest BCUT2D eigenvalue weighted by Gasteiger charge is -2.38. The van der Waals surface area contributed by atoms with Crippen LogP contribution in [-0.2, 0) is 4.79 Å². The van der Waals surface area contributed by atoms with Gasteiger partial charge in [-0.3, -0.25) is 4.79 Å². The molecule has 1 rings (SSSR count). The number of piperidine rings is 1. The van der Waals surface area contributed by atoms with E-state index in [1.54, 1.807) is 4.90 Å². The van der Waals surface area contributed by atoms with E-state index in [0.29, 0.717) is 25.4 Å². The number of amides is 1. The number of nitrogens with zero attached hydrogens (tertiary/aromatic N) is 1. The van der Waals surface area contributed by atoms with Gasteiger partial charge in [0, 0.05) is 26.1 Å². The Morgan fingerprint density at radius 2 is 2.06 bits per heavy atom. The highest BCUT2D eigenvalue weighted by Gasteiger charge is 2.32. The van der Waals surface area contributed by atoms with Gasteiger partial charge in [0.1, 0.15) is 0 Å². The Hall–Kier alpha value is -0.780. The molecule has 0 aromatic rings. The van der Waals surface area contributed by atoms with E-state index in [2.05, 4.69) is 5.32 Å². The van der Waals surface area contributed by atoms with Crippen molar-refractivity contribution in [1.82, 2.24) is 10.2 Å². The summed E-state index contributed by atoms with van der Waals surface area (Å²) in [6, 6.07) is -0.249. The lowest BCUT2D eigenvalue weighted by molar-refractivity contribution is -0.133. The molecule has 0 aromatic carbocycles. The molecule has 18 heavy (non-hydrogen) atoms. The third-order valence-corrected chi connectivity index (χ3v) is 3.27. The zero-order chi connectivity index (χ0) is 13.8. The maximum atomic E-state index is 12.2. The highest BCUT2D eigenvalue weighted by molar-refractivity contribution is 5.73. The molecular formula is C12H21F3N2O. The van der Waals surface area contributed by atoms with Crippen molar-refractivity contribution in [3.63, 3.8) is 0 Å². The largest absolute Gasteiger partial charge is 0.401 e. The van der Waals surface area contributed by atoms with Crippen molar-refractivity contribution in [2.75, 3.05) is 19.6 Å². The van der Waals surface area contributed by atoms with Crippen LogP contribution >= 0.6 is 0 Å². The van der Waals surface area contributed by atoms with Crippen molar-refractivity contribution in [3.8, 4) is 0 Å². The quantitative estimate of drug-likeness (QED) is 0.846. The first kappa shape index (κ1) is 15.3. The number of hydrogen-bond acceptors (Lipinski definition) is 2. The summed E-state index contributed by atoms with van der Waals surface area (Å²) >= 11 is 0. The summed E-state index contributed by atoms with van der Waals surface area (Å²) in [6.45, 7) is 3.58. The van der Waals surface area contributed by atoms with Gasteiger partial charge in [-0.05, 0) is 18.8 Å². The van der Waals surface area contributed by atoms with Crippen LogP contribution < -0.4 is 5.32 Å². The van der Waals surface area contributed by atoms with Crippen molar-refractivity contribution >= 4 is 5.91 Å². The van der Waals surface area contributed by atoms with Crippen LogP contribution in [-0.4, -0.2) is 42.7 Å². The van der Waals surface area contributed by atoms with E-state index in [1.165, 1.54) is 6.92 Å². The number of carbonyl (C=O) groups is 1. The number of hydrogen-bond donors (Lipinski definition) is 1. The summed E-state index contributed by atoms with van der Waals surface area (Å²) < 4.78 is 36.5. The molecule has 1 aliphatic rings. The molecule has 0 bridgehead atoms. The highest BCUT2D eigenvalue weighted by Crippen LogP contribution is 2.22. The van der Waals surface area contributed by atoms with Crippen LogP contribution in [0.1, 0.15) is 33.1 Å². The molecule has 1 amide bonds. The maximum absolute atomic E-state index is 12.2. The Kier molecular flexibility index (Phi) is 5.44. The van der Waals surface area contributed by atoms with Crippen molar-refractivity contribution in [1.29, 1.82) is 0 Å². The van der Waals surface area contributed by atoms with Gasteiger partial charge in [0.2, 0.25) is 5.91 Å². The number of likely N-dealkylation sites (tertiary alicyclic amines) is 1. The molecular weight excluding hydrogens is 245 g/mol. The molecule has 2 unspecified atom stereocenters. The van der Waals surface area contributed by atoms with Crippen LogP contribution in [0.3, 0.4) is 0 Å². The molecule has 1 N–H and O–H groups in total. The highest BCUT2D eigenvalue weighted by atomic mass is 19.4. The number of carbonyl (C=O) groups excluding carboxylic acids is 1.